The molecule has 0 saturated carbocycles. The average Bonchev–Trinajstić information content (AvgIpc) is 3.89. The normalized spacial score (nSPS) is 11.0. The minimum absolute atomic E-state index is 0. The number of imidazole rings is 1. The third kappa shape index (κ3) is 6.54. The summed E-state index contributed by atoms with van der Waals surface area (Å²) in [6.45, 7) is 3.86. The van der Waals surface area contributed by atoms with Crippen LogP contribution in [0.5, 0.6) is 0 Å². The van der Waals surface area contributed by atoms with Gasteiger partial charge < -0.3 is 17.0 Å². The number of tetrazole rings is 2. The summed E-state index contributed by atoms with van der Waals surface area (Å²) >= 11 is 0. The van der Waals surface area contributed by atoms with Gasteiger partial charge in [-0.05, 0) is 50.2 Å². The lowest BCUT2D eigenvalue weighted by Gasteiger charge is -2.09. The standard InChI is InChI=1S/C35H33N10.BrH/c1-2-3-12-33-44(23-25-13-17-27(18-14-25)29-8-4-6-10-31(29)34-36-40-41-37-34)21-22-45(33)24-26-15-19-28(20-16-26)30-9-5-7-11-32(30)35-38-42-43-39-35;/h4-11,13-22H,2-3,12,23-24H2,1H3,(H,36,37,40,41)(H,38,39,42,43);1H/q+1;/p-1. The SMILES string of the molecule is CCCCc1n(Cc2ccc(-c3ccccc3-c3nn[nH]n3)cc2)cc[n+]1Cc1ccc(-c2ccccc2-c2nn[nH]n2)cc1.[Br-]. The highest BCUT2D eigenvalue weighted by molar-refractivity contribution is 5.81. The number of rotatable bonds is 11. The molecule has 0 unspecified atom stereocenters. The molecule has 0 aliphatic carbocycles. The van der Waals surface area contributed by atoms with Crippen molar-refractivity contribution in [1.82, 2.24) is 45.8 Å². The van der Waals surface area contributed by atoms with Crippen molar-refractivity contribution < 1.29 is 21.5 Å². The summed E-state index contributed by atoms with van der Waals surface area (Å²) in [5, 5.41) is 29.3. The average molecular weight is 674 g/mol. The highest BCUT2D eigenvalue weighted by Gasteiger charge is 2.18. The molecule has 0 bridgehead atoms. The zero-order valence-electron chi connectivity index (χ0n) is 25.4. The summed E-state index contributed by atoms with van der Waals surface area (Å²) in [7, 11) is 0. The molecular formula is C35H33BrN10. The van der Waals surface area contributed by atoms with Gasteiger partial charge in [-0.15, -0.1) is 20.4 Å². The Hall–Kier alpha value is -5.29. The Morgan fingerprint density at radius 1 is 0.652 bits per heavy atom. The van der Waals surface area contributed by atoms with Crippen molar-refractivity contribution in [2.45, 2.75) is 39.3 Å². The molecule has 11 heteroatoms. The number of nitrogens with one attached hydrogen (secondary N) is 2. The van der Waals surface area contributed by atoms with E-state index in [0.29, 0.717) is 11.6 Å². The Balaban J connectivity index is 0.00000372. The Morgan fingerprint density at radius 2 is 1.17 bits per heavy atom. The number of hydrogen-bond acceptors (Lipinski definition) is 6. The van der Waals surface area contributed by atoms with Gasteiger partial charge in [0.05, 0.1) is 0 Å². The molecule has 10 nitrogen and oxygen atoms in total. The Labute approximate surface area is 277 Å². The fraction of sp³-hybridized carbons (Fsp3) is 0.171. The maximum absolute atomic E-state index is 4.18. The van der Waals surface area contributed by atoms with Gasteiger partial charge in [0.2, 0.25) is 11.6 Å². The van der Waals surface area contributed by atoms with Crippen LogP contribution in [0.25, 0.3) is 45.0 Å². The summed E-state index contributed by atoms with van der Waals surface area (Å²) in [5.41, 5.74) is 8.82. The van der Waals surface area contributed by atoms with Crippen molar-refractivity contribution in [2.75, 3.05) is 0 Å². The van der Waals surface area contributed by atoms with Crippen LogP contribution in [0.1, 0.15) is 36.7 Å². The highest BCUT2D eigenvalue weighted by atomic mass is 79.9. The molecule has 3 heterocycles. The van der Waals surface area contributed by atoms with Crippen molar-refractivity contribution in [3.8, 4) is 45.0 Å². The van der Waals surface area contributed by atoms with E-state index >= 15 is 0 Å². The molecule has 0 amide bonds. The first-order valence-electron chi connectivity index (χ1n) is 15.2. The highest BCUT2D eigenvalue weighted by Crippen LogP contribution is 2.31. The molecule has 46 heavy (non-hydrogen) atoms. The van der Waals surface area contributed by atoms with Gasteiger partial charge in [-0.25, -0.2) is 9.13 Å². The van der Waals surface area contributed by atoms with Crippen LogP contribution in [0.2, 0.25) is 0 Å². The van der Waals surface area contributed by atoms with E-state index in [2.05, 4.69) is 130 Å². The fourth-order valence-electron chi connectivity index (χ4n) is 5.79. The molecule has 0 aliphatic rings. The second-order valence-electron chi connectivity index (χ2n) is 11.0. The van der Waals surface area contributed by atoms with Crippen LogP contribution in [0.3, 0.4) is 0 Å². The molecule has 2 N–H and O–H groups in total. The zero-order chi connectivity index (χ0) is 30.4. The minimum Gasteiger partial charge on any atom is -1.00 e. The molecule has 0 spiro atoms. The fourth-order valence-corrected chi connectivity index (χ4v) is 5.79. The maximum Gasteiger partial charge on any atom is 0.256 e. The Kier molecular flexibility index (Phi) is 9.49. The van der Waals surface area contributed by atoms with Crippen LogP contribution in [-0.4, -0.2) is 45.8 Å². The van der Waals surface area contributed by atoms with Gasteiger partial charge in [-0.3, -0.25) is 0 Å². The predicted octanol–water partition coefficient (Wildman–Crippen LogP) is 2.91. The number of halogens is 1. The molecule has 0 radical (unpaired) electrons. The number of unbranched alkanes of at least 4 members (excludes halogenated alkanes) is 1. The summed E-state index contributed by atoms with van der Waals surface area (Å²) in [4.78, 5) is 0. The van der Waals surface area contributed by atoms with Crippen molar-refractivity contribution >= 4 is 0 Å². The maximum atomic E-state index is 4.18. The Morgan fingerprint density at radius 3 is 1.67 bits per heavy atom. The first-order chi connectivity index (χ1) is 22.3. The third-order valence-electron chi connectivity index (χ3n) is 8.11. The summed E-state index contributed by atoms with van der Waals surface area (Å²) < 4.78 is 4.76. The number of aromatic amines is 2. The Bertz CT molecular complexity index is 1840. The van der Waals surface area contributed by atoms with Gasteiger partial charge in [0.25, 0.3) is 5.82 Å². The molecule has 3 aromatic heterocycles. The minimum atomic E-state index is 0. The third-order valence-corrected chi connectivity index (χ3v) is 8.11. The van der Waals surface area contributed by atoms with Crippen LogP contribution in [0.4, 0.5) is 0 Å². The van der Waals surface area contributed by atoms with Gasteiger partial charge >= 0.3 is 0 Å². The van der Waals surface area contributed by atoms with Crippen molar-refractivity contribution in [3.63, 3.8) is 0 Å². The summed E-state index contributed by atoms with van der Waals surface area (Å²) in [6, 6.07) is 33.8. The van der Waals surface area contributed by atoms with Crippen molar-refractivity contribution in [2.24, 2.45) is 0 Å². The largest absolute Gasteiger partial charge is 1.00 e. The van der Waals surface area contributed by atoms with Crippen LogP contribution in [0.15, 0.2) is 109 Å². The molecule has 0 fully saturated rings. The monoisotopic (exact) mass is 672 g/mol. The lowest BCUT2D eigenvalue weighted by molar-refractivity contribution is -0.695. The smallest absolute Gasteiger partial charge is 0.256 e. The van der Waals surface area contributed by atoms with Gasteiger partial charge in [-0.1, -0.05) is 110 Å². The molecule has 7 aromatic rings. The number of nitrogens with zero attached hydrogens (tertiary/aromatic N) is 8. The number of aromatic nitrogens is 10. The number of benzene rings is 4. The topological polar surface area (TPSA) is 118 Å². The zero-order valence-corrected chi connectivity index (χ0v) is 27.0. The number of H-pyrrole nitrogens is 2. The molecular weight excluding hydrogens is 640 g/mol. The van der Waals surface area contributed by atoms with Crippen LogP contribution in [-0.2, 0) is 19.5 Å². The lowest BCUT2D eigenvalue weighted by atomic mass is 9.98. The quantitative estimate of drug-likeness (QED) is 0.204. The van der Waals surface area contributed by atoms with E-state index in [1.165, 1.54) is 17.0 Å². The van der Waals surface area contributed by atoms with Crippen LogP contribution in [0, 0.1) is 0 Å². The second kappa shape index (κ2) is 14.2. The van der Waals surface area contributed by atoms with E-state index in [9.17, 15) is 0 Å². The van der Waals surface area contributed by atoms with Gasteiger partial charge in [0.1, 0.15) is 25.5 Å². The van der Waals surface area contributed by atoms with E-state index in [1.54, 1.807) is 0 Å². The molecule has 0 saturated heterocycles. The van der Waals surface area contributed by atoms with Gasteiger partial charge in [0.15, 0.2) is 0 Å². The predicted molar refractivity (Wildman–Crippen MR) is 172 cm³/mol. The van der Waals surface area contributed by atoms with E-state index in [1.807, 2.05) is 36.4 Å². The lowest BCUT2D eigenvalue weighted by Crippen LogP contribution is -3.00. The van der Waals surface area contributed by atoms with E-state index in [4.69, 9.17) is 0 Å². The first-order valence-corrected chi connectivity index (χ1v) is 15.2. The van der Waals surface area contributed by atoms with Crippen LogP contribution < -0.4 is 21.5 Å². The number of hydrogen-bond donors (Lipinski definition) is 2. The van der Waals surface area contributed by atoms with Gasteiger partial charge in [0, 0.05) is 17.5 Å². The summed E-state index contributed by atoms with van der Waals surface area (Å²) in [5.74, 6) is 2.51. The van der Waals surface area contributed by atoms with Crippen LogP contribution >= 0.6 is 0 Å². The van der Waals surface area contributed by atoms with Gasteiger partial charge in [-0.2, -0.15) is 10.4 Å². The molecule has 0 aliphatic heterocycles. The van der Waals surface area contributed by atoms with Crippen molar-refractivity contribution in [1.29, 1.82) is 0 Å². The molecule has 0 atom stereocenters. The molecule has 4 aromatic carbocycles. The van der Waals surface area contributed by atoms with E-state index in [0.717, 1.165) is 65.7 Å². The van der Waals surface area contributed by atoms with E-state index in [-0.39, 0.29) is 17.0 Å². The second-order valence-corrected chi connectivity index (χ2v) is 11.0. The van der Waals surface area contributed by atoms with E-state index < -0.39 is 0 Å². The summed E-state index contributed by atoms with van der Waals surface area (Å²) in [6.07, 6.45) is 7.73. The molecule has 230 valence electrons. The van der Waals surface area contributed by atoms with Crippen molar-refractivity contribution in [3.05, 3.63) is 126 Å². The first kappa shape index (κ1) is 30.7. The molecule has 7 rings (SSSR count).